The summed E-state index contributed by atoms with van der Waals surface area (Å²) in [4.78, 5) is 16.6. The van der Waals surface area contributed by atoms with Gasteiger partial charge in [-0.25, -0.2) is 14.9 Å². The highest BCUT2D eigenvalue weighted by Gasteiger charge is 2.35. The number of amides is 1. The normalized spacial score (nSPS) is 17.0. The number of nitrogens with one attached hydrogen (secondary N) is 1. The van der Waals surface area contributed by atoms with E-state index in [1.165, 1.54) is 6.07 Å². The molecule has 9 heteroatoms. The summed E-state index contributed by atoms with van der Waals surface area (Å²) in [5, 5.41) is 7.74. The van der Waals surface area contributed by atoms with Crippen LogP contribution >= 0.6 is 0 Å². The van der Waals surface area contributed by atoms with Gasteiger partial charge in [0.2, 0.25) is 0 Å². The first-order valence-corrected chi connectivity index (χ1v) is 9.44. The molecule has 1 aliphatic carbocycles. The molecule has 0 bridgehead atoms. The second kappa shape index (κ2) is 8.10. The molecule has 0 aliphatic heterocycles. The average Bonchev–Trinajstić information content (AvgIpc) is 3.18. The number of fused-ring (bicyclic) bond motifs is 1. The van der Waals surface area contributed by atoms with Crippen LogP contribution in [0.4, 0.5) is 13.2 Å². The maximum Gasteiger partial charge on any atom is 0.433 e. The fourth-order valence-corrected chi connectivity index (χ4v) is 3.26. The fraction of sp³-hybridized carbons (Fsp3) is 0.238. The molecule has 0 saturated carbocycles. The number of hydrogen-bond acceptors (Lipinski definition) is 4. The number of carbonyl (C=O) groups is 1. The van der Waals surface area contributed by atoms with E-state index < -0.39 is 17.8 Å². The van der Waals surface area contributed by atoms with Crippen molar-refractivity contribution < 1.29 is 18.0 Å². The lowest BCUT2D eigenvalue weighted by Gasteiger charge is -2.11. The molecule has 4 rings (SSSR count). The van der Waals surface area contributed by atoms with Gasteiger partial charge in [0.05, 0.1) is 5.69 Å². The average molecular weight is 413 g/mol. The smallest absolute Gasteiger partial charge is 0.265 e. The van der Waals surface area contributed by atoms with Crippen LogP contribution in [0.5, 0.6) is 0 Å². The Morgan fingerprint density at radius 2 is 2.00 bits per heavy atom. The van der Waals surface area contributed by atoms with Crippen LogP contribution in [0.15, 0.2) is 59.7 Å². The van der Waals surface area contributed by atoms with Gasteiger partial charge in [0.1, 0.15) is 0 Å². The Kier molecular flexibility index (Phi) is 5.35. The lowest BCUT2D eigenvalue weighted by atomic mass is 9.96. The largest absolute Gasteiger partial charge is 0.433 e. The van der Waals surface area contributed by atoms with Gasteiger partial charge in [0.15, 0.2) is 17.0 Å². The highest BCUT2D eigenvalue weighted by Crippen LogP contribution is 2.32. The van der Waals surface area contributed by atoms with E-state index in [9.17, 15) is 18.0 Å². The molecule has 1 aliphatic rings. The number of benzene rings is 1. The van der Waals surface area contributed by atoms with Crippen molar-refractivity contribution in [3.8, 4) is 11.3 Å². The van der Waals surface area contributed by atoms with Crippen LogP contribution in [0.1, 0.15) is 35.4 Å². The summed E-state index contributed by atoms with van der Waals surface area (Å²) in [7, 11) is 0. The first kappa shape index (κ1) is 19.8. The summed E-state index contributed by atoms with van der Waals surface area (Å²) >= 11 is 0. The first-order valence-electron chi connectivity index (χ1n) is 9.44. The molecule has 1 N–H and O–H groups in total. The van der Waals surface area contributed by atoms with Crippen molar-refractivity contribution in [1.82, 2.24) is 20.0 Å². The molecule has 3 aromatic rings. The Morgan fingerprint density at radius 1 is 1.20 bits per heavy atom. The van der Waals surface area contributed by atoms with Gasteiger partial charge >= 0.3 is 6.18 Å². The van der Waals surface area contributed by atoms with Crippen LogP contribution in [-0.2, 0) is 6.18 Å². The molecule has 154 valence electrons. The SMILES string of the molecule is O=C(N/N=C\[C@H]1CC=CCC1)c1cc2nc(-c3ccccc3)cc(C(F)(F)F)n2n1. The Hall–Kier alpha value is -3.49. The Bertz CT molecular complexity index is 1120. The van der Waals surface area contributed by atoms with Crippen LogP contribution in [0, 0.1) is 5.92 Å². The monoisotopic (exact) mass is 413 g/mol. The molecule has 1 atom stereocenters. The second-order valence-corrected chi connectivity index (χ2v) is 6.95. The number of rotatable bonds is 4. The molecule has 1 aromatic carbocycles. The van der Waals surface area contributed by atoms with Gasteiger partial charge in [-0.05, 0) is 31.2 Å². The Balaban J connectivity index is 1.64. The number of alkyl halides is 3. The molecule has 0 spiro atoms. The van der Waals surface area contributed by atoms with Crippen molar-refractivity contribution in [1.29, 1.82) is 0 Å². The summed E-state index contributed by atoms with van der Waals surface area (Å²) in [5.41, 5.74) is 1.73. The van der Waals surface area contributed by atoms with Crippen molar-refractivity contribution in [2.24, 2.45) is 11.0 Å². The quantitative estimate of drug-likeness (QED) is 0.389. The summed E-state index contributed by atoms with van der Waals surface area (Å²) in [6.45, 7) is 0. The van der Waals surface area contributed by atoms with E-state index in [1.807, 2.05) is 0 Å². The highest BCUT2D eigenvalue weighted by molar-refractivity contribution is 5.93. The number of carbonyl (C=O) groups excluding carboxylic acids is 1. The molecular formula is C21H18F3N5O. The number of halogens is 3. The predicted molar refractivity (Wildman–Crippen MR) is 106 cm³/mol. The van der Waals surface area contributed by atoms with Crippen molar-refractivity contribution in [2.45, 2.75) is 25.4 Å². The fourth-order valence-electron chi connectivity index (χ4n) is 3.26. The van der Waals surface area contributed by atoms with Gasteiger partial charge < -0.3 is 0 Å². The van der Waals surface area contributed by atoms with Gasteiger partial charge in [-0.3, -0.25) is 4.79 Å². The molecular weight excluding hydrogens is 395 g/mol. The van der Waals surface area contributed by atoms with E-state index in [-0.39, 0.29) is 23.0 Å². The van der Waals surface area contributed by atoms with Crippen molar-refractivity contribution in [3.63, 3.8) is 0 Å². The third-order valence-corrected chi connectivity index (χ3v) is 4.78. The minimum Gasteiger partial charge on any atom is -0.265 e. The van der Waals surface area contributed by atoms with Crippen molar-refractivity contribution in [2.75, 3.05) is 0 Å². The number of hydrogen-bond donors (Lipinski definition) is 1. The standard InChI is InChI=1S/C21H18F3N5O/c22-21(23,24)18-11-16(15-9-5-2-6-10-15)26-19-12-17(28-29(18)19)20(30)27-25-13-14-7-3-1-4-8-14/h1-3,5-6,9-14H,4,7-8H2,(H,27,30)/b25-13-/t14-/m0/s1. The lowest BCUT2D eigenvalue weighted by Crippen LogP contribution is -2.20. The molecule has 1 amide bonds. The third-order valence-electron chi connectivity index (χ3n) is 4.78. The molecule has 0 fully saturated rings. The van der Waals surface area contributed by atoms with Crippen LogP contribution in [0.2, 0.25) is 0 Å². The maximum atomic E-state index is 13.6. The number of aromatic nitrogens is 3. The van der Waals surface area contributed by atoms with E-state index in [1.54, 1.807) is 36.5 Å². The van der Waals surface area contributed by atoms with Gasteiger partial charge in [-0.15, -0.1) is 0 Å². The Labute approximate surface area is 170 Å². The summed E-state index contributed by atoms with van der Waals surface area (Å²) in [6.07, 6.45) is 3.85. The minimum absolute atomic E-state index is 0.0739. The zero-order chi connectivity index (χ0) is 21.1. The minimum atomic E-state index is -4.67. The zero-order valence-corrected chi connectivity index (χ0v) is 15.8. The summed E-state index contributed by atoms with van der Waals surface area (Å²) < 4.78 is 41.5. The third kappa shape index (κ3) is 4.24. The van der Waals surface area contributed by atoms with E-state index in [0.29, 0.717) is 10.1 Å². The maximum absolute atomic E-state index is 13.6. The van der Waals surface area contributed by atoms with Crippen molar-refractivity contribution in [3.05, 3.63) is 66.0 Å². The zero-order valence-electron chi connectivity index (χ0n) is 15.8. The van der Waals surface area contributed by atoms with Crippen LogP contribution < -0.4 is 5.43 Å². The molecule has 0 unspecified atom stereocenters. The van der Waals surface area contributed by atoms with E-state index >= 15 is 0 Å². The van der Waals surface area contributed by atoms with Crippen molar-refractivity contribution >= 4 is 17.8 Å². The van der Waals surface area contributed by atoms with E-state index in [2.05, 4.69) is 32.8 Å². The summed E-state index contributed by atoms with van der Waals surface area (Å²) in [6, 6.07) is 10.7. The molecule has 2 aromatic heterocycles. The second-order valence-electron chi connectivity index (χ2n) is 6.95. The molecule has 6 nitrogen and oxygen atoms in total. The Morgan fingerprint density at radius 3 is 2.70 bits per heavy atom. The predicted octanol–water partition coefficient (Wildman–Crippen LogP) is 4.49. The van der Waals surface area contributed by atoms with Gasteiger partial charge in [-0.2, -0.15) is 23.4 Å². The van der Waals surface area contributed by atoms with E-state index in [4.69, 9.17) is 0 Å². The number of hydrazone groups is 1. The number of nitrogens with zero attached hydrogens (tertiary/aromatic N) is 4. The molecule has 0 saturated heterocycles. The van der Waals surface area contributed by atoms with E-state index in [0.717, 1.165) is 25.3 Å². The molecule has 2 heterocycles. The van der Waals surface area contributed by atoms with Gasteiger partial charge in [-0.1, -0.05) is 42.5 Å². The molecule has 0 radical (unpaired) electrons. The van der Waals surface area contributed by atoms with Crippen LogP contribution in [0.25, 0.3) is 16.9 Å². The summed E-state index contributed by atoms with van der Waals surface area (Å²) in [5.74, 6) is -0.471. The van der Waals surface area contributed by atoms with Gasteiger partial charge in [0, 0.05) is 17.8 Å². The first-order chi connectivity index (χ1) is 14.4. The molecule has 30 heavy (non-hydrogen) atoms. The van der Waals surface area contributed by atoms with Gasteiger partial charge in [0.25, 0.3) is 5.91 Å². The highest BCUT2D eigenvalue weighted by atomic mass is 19.4. The van der Waals surface area contributed by atoms with Crippen LogP contribution in [-0.4, -0.2) is 26.7 Å². The van der Waals surface area contributed by atoms with Crippen LogP contribution in [0.3, 0.4) is 0 Å². The lowest BCUT2D eigenvalue weighted by molar-refractivity contribution is -0.142. The number of allylic oxidation sites excluding steroid dienone is 2. The topological polar surface area (TPSA) is 71.7 Å².